The Morgan fingerprint density at radius 2 is 1.67 bits per heavy atom. The number of hydrogen-bond donors (Lipinski definition) is 3. The summed E-state index contributed by atoms with van der Waals surface area (Å²) in [5.41, 5.74) is 2.05. The lowest BCUT2D eigenvalue weighted by Gasteiger charge is -2.26. The molecule has 2 aromatic carbocycles. The van der Waals surface area contributed by atoms with Crippen molar-refractivity contribution in [3.8, 4) is 5.75 Å². The number of nitrogens with one attached hydrogen (secondary N) is 2. The van der Waals surface area contributed by atoms with Crippen molar-refractivity contribution < 1.29 is 9.90 Å². The van der Waals surface area contributed by atoms with E-state index in [2.05, 4.69) is 22.8 Å². The molecule has 4 nitrogen and oxygen atoms in total. The molecule has 2 rings (SSSR count). The van der Waals surface area contributed by atoms with Crippen molar-refractivity contribution in [2.75, 3.05) is 6.54 Å². The number of aromatic hydroxyl groups is 1. The molecule has 0 atom stereocenters. The van der Waals surface area contributed by atoms with E-state index in [0.29, 0.717) is 6.54 Å². The number of rotatable bonds is 7. The predicted octanol–water partition coefficient (Wildman–Crippen LogP) is 3.65. The monoisotopic (exact) mass is 326 g/mol. The minimum absolute atomic E-state index is 0.137. The van der Waals surface area contributed by atoms with Crippen LogP contribution >= 0.6 is 0 Å². The maximum atomic E-state index is 12.0. The average Bonchev–Trinajstić information content (AvgIpc) is 2.53. The van der Waals surface area contributed by atoms with Crippen molar-refractivity contribution >= 4 is 6.03 Å². The number of carbonyl (C=O) groups is 1. The van der Waals surface area contributed by atoms with E-state index in [1.807, 2.05) is 44.2 Å². The highest BCUT2D eigenvalue weighted by Gasteiger charge is 2.20. The predicted molar refractivity (Wildman–Crippen MR) is 97.2 cm³/mol. The second-order valence-electron chi connectivity index (χ2n) is 6.70. The highest BCUT2D eigenvalue weighted by Crippen LogP contribution is 2.12. The second kappa shape index (κ2) is 8.39. The third-order valence-corrected chi connectivity index (χ3v) is 3.80. The summed E-state index contributed by atoms with van der Waals surface area (Å²) < 4.78 is 0. The first-order chi connectivity index (χ1) is 11.4. The maximum Gasteiger partial charge on any atom is 0.315 e. The third-order valence-electron chi connectivity index (χ3n) is 3.80. The van der Waals surface area contributed by atoms with Crippen LogP contribution in [0.1, 0.15) is 31.4 Å². The number of phenolic OH excluding ortho intramolecular Hbond substituents is 1. The maximum absolute atomic E-state index is 12.0. The number of urea groups is 1. The van der Waals surface area contributed by atoms with E-state index in [0.717, 1.165) is 24.8 Å². The van der Waals surface area contributed by atoms with Gasteiger partial charge in [-0.15, -0.1) is 0 Å². The van der Waals surface area contributed by atoms with Gasteiger partial charge in [0.25, 0.3) is 0 Å². The van der Waals surface area contributed by atoms with Crippen molar-refractivity contribution in [1.29, 1.82) is 0 Å². The van der Waals surface area contributed by atoms with Gasteiger partial charge in [0.2, 0.25) is 0 Å². The Morgan fingerprint density at radius 3 is 2.33 bits per heavy atom. The SMILES string of the molecule is CC(C)(Cc1ccccc1)NC(=O)NCCCc1ccc(O)cc1. The van der Waals surface area contributed by atoms with Crippen LogP contribution in [0.4, 0.5) is 4.79 Å². The molecule has 24 heavy (non-hydrogen) atoms. The number of phenols is 1. The topological polar surface area (TPSA) is 61.4 Å². The van der Waals surface area contributed by atoms with Gasteiger partial charge in [0, 0.05) is 12.1 Å². The molecule has 0 aromatic heterocycles. The molecule has 0 unspecified atom stereocenters. The van der Waals surface area contributed by atoms with Gasteiger partial charge in [0.15, 0.2) is 0 Å². The first kappa shape index (κ1) is 17.9. The molecule has 2 aromatic rings. The summed E-state index contributed by atoms with van der Waals surface area (Å²) in [6, 6.07) is 17.2. The van der Waals surface area contributed by atoms with E-state index >= 15 is 0 Å². The molecule has 0 saturated heterocycles. The molecule has 2 amide bonds. The van der Waals surface area contributed by atoms with Gasteiger partial charge in [-0.1, -0.05) is 42.5 Å². The van der Waals surface area contributed by atoms with Gasteiger partial charge in [0.05, 0.1) is 0 Å². The van der Waals surface area contributed by atoms with Crippen LogP contribution in [0, 0.1) is 0 Å². The van der Waals surface area contributed by atoms with Gasteiger partial charge < -0.3 is 15.7 Å². The van der Waals surface area contributed by atoms with E-state index in [1.165, 1.54) is 5.56 Å². The van der Waals surface area contributed by atoms with E-state index in [9.17, 15) is 9.90 Å². The second-order valence-corrected chi connectivity index (χ2v) is 6.70. The van der Waals surface area contributed by atoms with Crippen LogP contribution in [-0.4, -0.2) is 23.2 Å². The van der Waals surface area contributed by atoms with Crippen molar-refractivity contribution in [1.82, 2.24) is 10.6 Å². The zero-order valence-corrected chi connectivity index (χ0v) is 14.4. The smallest absolute Gasteiger partial charge is 0.315 e. The summed E-state index contributed by atoms with van der Waals surface area (Å²) in [4.78, 5) is 12.0. The summed E-state index contributed by atoms with van der Waals surface area (Å²) in [5, 5.41) is 15.2. The number of hydrogen-bond acceptors (Lipinski definition) is 2. The lowest BCUT2D eigenvalue weighted by Crippen LogP contribution is -2.49. The van der Waals surface area contributed by atoms with Crippen LogP contribution in [0.3, 0.4) is 0 Å². The molecule has 0 spiro atoms. The molecular formula is C20H26N2O2. The third kappa shape index (κ3) is 6.32. The largest absolute Gasteiger partial charge is 0.508 e. The average molecular weight is 326 g/mol. The van der Waals surface area contributed by atoms with Crippen LogP contribution in [0.25, 0.3) is 0 Å². The zero-order chi connectivity index (χ0) is 17.4. The van der Waals surface area contributed by atoms with E-state index in [4.69, 9.17) is 0 Å². The summed E-state index contributed by atoms with van der Waals surface area (Å²) in [7, 11) is 0. The van der Waals surface area contributed by atoms with Crippen molar-refractivity contribution in [2.24, 2.45) is 0 Å². The fourth-order valence-corrected chi connectivity index (χ4v) is 2.66. The van der Waals surface area contributed by atoms with Crippen molar-refractivity contribution in [3.05, 3.63) is 65.7 Å². The van der Waals surface area contributed by atoms with Crippen molar-refractivity contribution in [3.63, 3.8) is 0 Å². The lowest BCUT2D eigenvalue weighted by atomic mass is 9.95. The summed E-state index contributed by atoms with van der Waals surface area (Å²) in [6.45, 7) is 4.67. The van der Waals surface area contributed by atoms with Crippen LogP contribution < -0.4 is 10.6 Å². The van der Waals surface area contributed by atoms with Gasteiger partial charge in [-0.25, -0.2) is 4.79 Å². The Labute approximate surface area is 143 Å². The van der Waals surface area contributed by atoms with Crippen LogP contribution in [0.15, 0.2) is 54.6 Å². The summed E-state index contributed by atoms with van der Waals surface area (Å²) in [6.07, 6.45) is 2.51. The Hall–Kier alpha value is -2.49. The van der Waals surface area contributed by atoms with Gasteiger partial charge >= 0.3 is 6.03 Å². The molecule has 0 aliphatic heterocycles. The Morgan fingerprint density at radius 1 is 1.00 bits per heavy atom. The molecule has 0 heterocycles. The fraction of sp³-hybridized carbons (Fsp3) is 0.350. The minimum atomic E-state index is -0.303. The zero-order valence-electron chi connectivity index (χ0n) is 14.4. The molecule has 3 N–H and O–H groups in total. The van der Waals surface area contributed by atoms with Gasteiger partial charge in [-0.05, 0) is 56.4 Å². The molecule has 0 aliphatic carbocycles. The minimum Gasteiger partial charge on any atom is -0.508 e. The van der Waals surface area contributed by atoms with Crippen LogP contribution in [0.5, 0.6) is 5.75 Å². The van der Waals surface area contributed by atoms with E-state index < -0.39 is 0 Å². The Balaban J connectivity index is 1.69. The standard InChI is InChI=1S/C20H26N2O2/c1-20(2,15-17-7-4-3-5-8-17)22-19(24)21-14-6-9-16-10-12-18(23)13-11-16/h3-5,7-8,10-13,23H,6,9,14-15H2,1-2H3,(H2,21,22,24). The van der Waals surface area contributed by atoms with Gasteiger partial charge in [-0.2, -0.15) is 0 Å². The molecule has 0 fully saturated rings. The summed E-state index contributed by atoms with van der Waals surface area (Å²) in [5.74, 6) is 0.275. The normalized spacial score (nSPS) is 11.1. The van der Waals surface area contributed by atoms with E-state index in [-0.39, 0.29) is 17.3 Å². The molecule has 0 aliphatic rings. The first-order valence-electron chi connectivity index (χ1n) is 8.32. The summed E-state index contributed by atoms with van der Waals surface area (Å²) >= 11 is 0. The highest BCUT2D eigenvalue weighted by atomic mass is 16.3. The number of carbonyl (C=O) groups excluding carboxylic acids is 1. The number of aryl methyl sites for hydroxylation is 1. The Kier molecular flexibility index (Phi) is 6.24. The van der Waals surface area contributed by atoms with Crippen molar-refractivity contribution in [2.45, 2.75) is 38.6 Å². The van der Waals surface area contributed by atoms with E-state index in [1.54, 1.807) is 12.1 Å². The molecule has 0 radical (unpaired) electrons. The van der Waals surface area contributed by atoms with Crippen LogP contribution in [0.2, 0.25) is 0 Å². The number of amides is 2. The highest BCUT2D eigenvalue weighted by molar-refractivity contribution is 5.74. The van der Waals surface area contributed by atoms with Gasteiger partial charge in [-0.3, -0.25) is 0 Å². The van der Waals surface area contributed by atoms with Gasteiger partial charge in [0.1, 0.15) is 5.75 Å². The molecule has 4 heteroatoms. The van der Waals surface area contributed by atoms with Crippen LogP contribution in [-0.2, 0) is 12.8 Å². The molecule has 128 valence electrons. The lowest BCUT2D eigenvalue weighted by molar-refractivity contribution is 0.229. The molecule has 0 bridgehead atoms. The molecule has 0 saturated carbocycles. The number of benzene rings is 2. The Bertz CT molecular complexity index is 636. The first-order valence-corrected chi connectivity index (χ1v) is 8.32. The molecular weight excluding hydrogens is 300 g/mol. The fourth-order valence-electron chi connectivity index (χ4n) is 2.66. The quantitative estimate of drug-likeness (QED) is 0.680.